The third kappa shape index (κ3) is 6.68. The average molecular weight is 332 g/mol. The zero-order valence-corrected chi connectivity index (χ0v) is 12.4. The number of benzene rings is 1. The maximum absolute atomic E-state index is 12.0. The number of carbonyl (C=O) groups excluding carboxylic acids is 1. The number of likely N-dealkylation sites (tertiary alicyclic amines) is 1. The van der Waals surface area contributed by atoms with Crippen molar-refractivity contribution < 1.29 is 27.9 Å². The van der Waals surface area contributed by atoms with Crippen LogP contribution in [0.4, 0.5) is 13.2 Å². The van der Waals surface area contributed by atoms with E-state index in [-0.39, 0.29) is 11.9 Å². The van der Waals surface area contributed by atoms with Gasteiger partial charge in [-0.05, 0) is 24.8 Å². The Balaban J connectivity index is 0.000000322. The summed E-state index contributed by atoms with van der Waals surface area (Å²) in [5, 5.41) is 7.12. The van der Waals surface area contributed by atoms with Gasteiger partial charge in [0.25, 0.3) is 0 Å². The third-order valence-electron chi connectivity index (χ3n) is 3.28. The molecule has 0 spiro atoms. The summed E-state index contributed by atoms with van der Waals surface area (Å²) in [6.45, 7) is 1.75. The highest BCUT2D eigenvalue weighted by Gasteiger charge is 2.38. The lowest BCUT2D eigenvalue weighted by Gasteiger charge is -2.20. The van der Waals surface area contributed by atoms with Crippen LogP contribution in [0.2, 0.25) is 0 Å². The Morgan fingerprint density at radius 1 is 1.17 bits per heavy atom. The van der Waals surface area contributed by atoms with Crippen molar-refractivity contribution in [2.45, 2.75) is 31.5 Å². The van der Waals surface area contributed by atoms with Crippen molar-refractivity contribution in [3.05, 3.63) is 35.9 Å². The minimum absolute atomic E-state index is 0.0985. The van der Waals surface area contributed by atoms with E-state index in [4.69, 9.17) is 15.6 Å². The summed E-state index contributed by atoms with van der Waals surface area (Å²) in [4.78, 5) is 22.7. The highest BCUT2D eigenvalue weighted by atomic mass is 19.4. The molecule has 0 saturated carbocycles. The van der Waals surface area contributed by atoms with E-state index >= 15 is 0 Å². The SMILES string of the molecule is N[C@@H](Cc1ccccc1)C(=O)N1CCCC1.O=C(O)C(F)(F)F. The highest BCUT2D eigenvalue weighted by Crippen LogP contribution is 2.13. The van der Waals surface area contributed by atoms with Gasteiger partial charge in [-0.3, -0.25) is 4.79 Å². The summed E-state index contributed by atoms with van der Waals surface area (Å²) < 4.78 is 31.7. The summed E-state index contributed by atoms with van der Waals surface area (Å²) in [7, 11) is 0. The Morgan fingerprint density at radius 3 is 2.09 bits per heavy atom. The van der Waals surface area contributed by atoms with Gasteiger partial charge in [0.05, 0.1) is 6.04 Å². The first-order chi connectivity index (χ1) is 10.7. The fraction of sp³-hybridized carbons (Fsp3) is 0.467. The summed E-state index contributed by atoms with van der Waals surface area (Å²) in [5.74, 6) is -2.66. The quantitative estimate of drug-likeness (QED) is 0.884. The number of nitrogens with zero attached hydrogens (tertiary/aromatic N) is 1. The number of carboxylic acid groups (broad SMARTS) is 1. The van der Waals surface area contributed by atoms with Crippen LogP contribution in [0.5, 0.6) is 0 Å². The van der Waals surface area contributed by atoms with Crippen molar-refractivity contribution in [3.8, 4) is 0 Å². The molecule has 1 amide bonds. The Hall–Kier alpha value is -2.09. The number of halogens is 3. The molecule has 0 unspecified atom stereocenters. The summed E-state index contributed by atoms with van der Waals surface area (Å²) in [6, 6.07) is 9.55. The molecule has 3 N–H and O–H groups in total. The van der Waals surface area contributed by atoms with Gasteiger partial charge < -0.3 is 15.7 Å². The fourth-order valence-corrected chi connectivity index (χ4v) is 2.13. The normalized spacial score (nSPS) is 15.6. The molecular weight excluding hydrogens is 313 g/mol. The van der Waals surface area contributed by atoms with E-state index in [1.165, 1.54) is 0 Å². The van der Waals surface area contributed by atoms with E-state index in [9.17, 15) is 18.0 Å². The summed E-state index contributed by atoms with van der Waals surface area (Å²) in [5.41, 5.74) is 7.07. The molecule has 1 aromatic rings. The first-order valence-corrected chi connectivity index (χ1v) is 7.10. The van der Waals surface area contributed by atoms with Gasteiger partial charge in [0.2, 0.25) is 5.91 Å². The van der Waals surface area contributed by atoms with Gasteiger partial charge in [-0.1, -0.05) is 30.3 Å². The minimum Gasteiger partial charge on any atom is -0.475 e. The number of rotatable bonds is 3. The number of nitrogens with two attached hydrogens (primary N) is 1. The first kappa shape index (κ1) is 19.0. The van der Waals surface area contributed by atoms with Crippen LogP contribution in [0.25, 0.3) is 0 Å². The molecule has 2 rings (SSSR count). The van der Waals surface area contributed by atoms with Gasteiger partial charge >= 0.3 is 12.1 Å². The second-order valence-electron chi connectivity index (χ2n) is 5.13. The van der Waals surface area contributed by atoms with E-state index in [1.807, 2.05) is 35.2 Å². The van der Waals surface area contributed by atoms with E-state index in [0.29, 0.717) is 6.42 Å². The van der Waals surface area contributed by atoms with Gasteiger partial charge in [0.15, 0.2) is 0 Å². The van der Waals surface area contributed by atoms with Crippen molar-refractivity contribution >= 4 is 11.9 Å². The third-order valence-corrected chi connectivity index (χ3v) is 3.28. The van der Waals surface area contributed by atoms with E-state index in [2.05, 4.69) is 0 Å². The van der Waals surface area contributed by atoms with Gasteiger partial charge in [0.1, 0.15) is 0 Å². The molecule has 1 fully saturated rings. The van der Waals surface area contributed by atoms with Crippen LogP contribution in [0, 0.1) is 0 Å². The van der Waals surface area contributed by atoms with E-state index in [1.54, 1.807) is 0 Å². The highest BCUT2D eigenvalue weighted by molar-refractivity contribution is 5.82. The zero-order chi connectivity index (χ0) is 17.5. The average Bonchev–Trinajstić information content (AvgIpc) is 3.01. The molecule has 128 valence electrons. The maximum Gasteiger partial charge on any atom is 0.490 e. The van der Waals surface area contributed by atoms with Crippen molar-refractivity contribution in [2.24, 2.45) is 5.73 Å². The van der Waals surface area contributed by atoms with Crippen molar-refractivity contribution in [2.75, 3.05) is 13.1 Å². The van der Waals surface area contributed by atoms with Gasteiger partial charge in [-0.25, -0.2) is 4.79 Å². The topological polar surface area (TPSA) is 83.6 Å². The standard InChI is InChI=1S/C13H18N2O.C2HF3O2/c14-12(10-11-6-2-1-3-7-11)13(16)15-8-4-5-9-15;3-2(4,5)1(6)7/h1-3,6-7,12H,4-5,8-10,14H2;(H,6,7)/t12-;/m0./s1. The molecule has 0 bridgehead atoms. The number of carbonyl (C=O) groups is 2. The van der Waals surface area contributed by atoms with E-state index in [0.717, 1.165) is 31.5 Å². The summed E-state index contributed by atoms with van der Waals surface area (Å²) in [6.07, 6.45) is -2.22. The molecule has 0 radical (unpaired) electrons. The Kier molecular flexibility index (Phi) is 7.02. The molecular formula is C15H19F3N2O3. The monoisotopic (exact) mass is 332 g/mol. The van der Waals surface area contributed by atoms with E-state index < -0.39 is 12.1 Å². The summed E-state index contributed by atoms with van der Waals surface area (Å²) >= 11 is 0. The second-order valence-corrected chi connectivity index (χ2v) is 5.13. The first-order valence-electron chi connectivity index (χ1n) is 7.10. The molecule has 1 aromatic carbocycles. The van der Waals surface area contributed by atoms with Crippen molar-refractivity contribution in [1.29, 1.82) is 0 Å². The number of alkyl halides is 3. The van der Waals surface area contributed by atoms with Crippen LogP contribution in [0.15, 0.2) is 30.3 Å². The van der Waals surface area contributed by atoms with Crippen LogP contribution in [0.1, 0.15) is 18.4 Å². The molecule has 1 aliphatic rings. The zero-order valence-electron chi connectivity index (χ0n) is 12.4. The molecule has 5 nitrogen and oxygen atoms in total. The Morgan fingerprint density at radius 2 is 1.65 bits per heavy atom. The molecule has 0 aliphatic carbocycles. The van der Waals surface area contributed by atoms with Crippen LogP contribution in [0.3, 0.4) is 0 Å². The number of aliphatic carboxylic acids is 1. The minimum atomic E-state index is -5.08. The number of amides is 1. The Labute approximate surface area is 131 Å². The lowest BCUT2D eigenvalue weighted by atomic mass is 10.1. The predicted molar refractivity (Wildman–Crippen MR) is 77.6 cm³/mol. The maximum atomic E-state index is 12.0. The molecule has 1 heterocycles. The predicted octanol–water partition coefficient (Wildman–Crippen LogP) is 1.81. The van der Waals surface area contributed by atoms with Crippen molar-refractivity contribution in [1.82, 2.24) is 4.90 Å². The molecule has 1 atom stereocenters. The van der Waals surface area contributed by atoms with Gasteiger partial charge in [0, 0.05) is 13.1 Å². The number of carboxylic acids is 1. The fourth-order valence-electron chi connectivity index (χ4n) is 2.13. The largest absolute Gasteiger partial charge is 0.490 e. The smallest absolute Gasteiger partial charge is 0.475 e. The lowest BCUT2D eigenvalue weighted by Crippen LogP contribution is -2.43. The molecule has 8 heteroatoms. The second kappa shape index (κ2) is 8.52. The molecule has 1 saturated heterocycles. The van der Waals surface area contributed by atoms with Crippen LogP contribution in [-0.4, -0.2) is 47.2 Å². The van der Waals surface area contributed by atoms with Gasteiger partial charge in [-0.15, -0.1) is 0 Å². The molecule has 1 aliphatic heterocycles. The van der Waals surface area contributed by atoms with Crippen molar-refractivity contribution in [3.63, 3.8) is 0 Å². The Bertz CT molecular complexity index is 514. The molecule has 0 aromatic heterocycles. The number of hydrogen-bond donors (Lipinski definition) is 2. The lowest BCUT2D eigenvalue weighted by molar-refractivity contribution is -0.192. The van der Waals surface area contributed by atoms with Crippen LogP contribution < -0.4 is 5.73 Å². The number of hydrogen-bond acceptors (Lipinski definition) is 3. The molecule has 23 heavy (non-hydrogen) atoms. The van der Waals surface area contributed by atoms with Crippen LogP contribution >= 0.6 is 0 Å². The van der Waals surface area contributed by atoms with Crippen LogP contribution in [-0.2, 0) is 16.0 Å². The van der Waals surface area contributed by atoms with Gasteiger partial charge in [-0.2, -0.15) is 13.2 Å².